The molecule has 2 aliphatic carbocycles. The Morgan fingerprint density at radius 3 is 2.56 bits per heavy atom. The first kappa shape index (κ1) is 12.4. The van der Waals surface area contributed by atoms with Gasteiger partial charge in [0, 0.05) is 18.3 Å². The quantitative estimate of drug-likeness (QED) is 0.800. The van der Waals surface area contributed by atoms with Gasteiger partial charge in [-0.1, -0.05) is 6.42 Å². The molecule has 3 nitrogen and oxygen atoms in total. The predicted molar refractivity (Wildman–Crippen MR) is 66.2 cm³/mol. The minimum atomic E-state index is -2.80. The van der Waals surface area contributed by atoms with Gasteiger partial charge in [0.05, 0.1) is 5.75 Å². The van der Waals surface area contributed by atoms with Gasteiger partial charge in [-0.15, -0.1) is 0 Å². The van der Waals surface area contributed by atoms with Crippen LogP contribution in [0.1, 0.15) is 39.0 Å². The van der Waals surface area contributed by atoms with Crippen molar-refractivity contribution in [1.82, 2.24) is 5.32 Å². The van der Waals surface area contributed by atoms with Crippen LogP contribution in [0.15, 0.2) is 0 Å². The molecule has 0 radical (unpaired) electrons. The lowest BCUT2D eigenvalue weighted by Gasteiger charge is -2.26. The van der Waals surface area contributed by atoms with Crippen LogP contribution in [0, 0.1) is 11.8 Å². The van der Waals surface area contributed by atoms with E-state index in [1.165, 1.54) is 31.9 Å². The van der Waals surface area contributed by atoms with Gasteiger partial charge in [0.1, 0.15) is 9.84 Å². The number of fused-ring (bicyclic) bond motifs is 2. The molecule has 0 heterocycles. The SMILES string of the molecule is CC(CCS(C)(=O)=O)NC1CC2CCC1C2. The number of hydrogen-bond acceptors (Lipinski definition) is 3. The highest BCUT2D eigenvalue weighted by Gasteiger charge is 2.39. The van der Waals surface area contributed by atoms with Crippen molar-refractivity contribution in [2.24, 2.45) is 11.8 Å². The summed E-state index contributed by atoms with van der Waals surface area (Å²) in [4.78, 5) is 0. The van der Waals surface area contributed by atoms with Crippen LogP contribution >= 0.6 is 0 Å². The summed E-state index contributed by atoms with van der Waals surface area (Å²) in [6.07, 6.45) is 7.57. The number of sulfone groups is 1. The Hall–Kier alpha value is -0.0900. The van der Waals surface area contributed by atoms with E-state index < -0.39 is 9.84 Å². The van der Waals surface area contributed by atoms with Gasteiger partial charge in [0.2, 0.25) is 0 Å². The molecular formula is C12H23NO2S. The minimum absolute atomic E-state index is 0.308. The van der Waals surface area contributed by atoms with E-state index in [2.05, 4.69) is 12.2 Å². The Kier molecular flexibility index (Phi) is 3.59. The van der Waals surface area contributed by atoms with Crippen LogP contribution in [-0.4, -0.2) is 32.5 Å². The Morgan fingerprint density at radius 1 is 1.31 bits per heavy atom. The standard InChI is InChI=1S/C12H23NO2S/c1-9(5-6-16(2,14)15)13-12-8-10-3-4-11(12)7-10/h9-13H,3-8H2,1-2H3. The third-order valence-electron chi connectivity index (χ3n) is 4.16. The fourth-order valence-corrected chi connectivity index (χ4v) is 4.07. The zero-order valence-corrected chi connectivity index (χ0v) is 11.1. The van der Waals surface area contributed by atoms with Crippen molar-refractivity contribution < 1.29 is 8.42 Å². The smallest absolute Gasteiger partial charge is 0.147 e. The van der Waals surface area contributed by atoms with Crippen LogP contribution in [0.2, 0.25) is 0 Å². The first-order valence-corrected chi connectivity index (χ1v) is 8.44. The van der Waals surface area contributed by atoms with Crippen molar-refractivity contribution in [1.29, 1.82) is 0 Å². The van der Waals surface area contributed by atoms with E-state index >= 15 is 0 Å². The fourth-order valence-electron chi connectivity index (χ4n) is 3.29. The van der Waals surface area contributed by atoms with Crippen molar-refractivity contribution in [3.8, 4) is 0 Å². The van der Waals surface area contributed by atoms with Gasteiger partial charge in [-0.05, 0) is 44.4 Å². The van der Waals surface area contributed by atoms with Gasteiger partial charge >= 0.3 is 0 Å². The molecule has 4 unspecified atom stereocenters. The normalized spacial score (nSPS) is 35.5. The molecule has 1 N–H and O–H groups in total. The summed E-state index contributed by atoms with van der Waals surface area (Å²) in [5.74, 6) is 2.12. The maximum Gasteiger partial charge on any atom is 0.147 e. The van der Waals surface area contributed by atoms with E-state index in [1.54, 1.807) is 0 Å². The molecule has 0 aromatic heterocycles. The molecule has 2 rings (SSSR count). The summed E-state index contributed by atoms with van der Waals surface area (Å²) in [6.45, 7) is 2.11. The minimum Gasteiger partial charge on any atom is -0.311 e. The average molecular weight is 245 g/mol. The van der Waals surface area contributed by atoms with E-state index in [1.807, 2.05) is 0 Å². The van der Waals surface area contributed by atoms with E-state index in [4.69, 9.17) is 0 Å². The molecule has 0 aromatic carbocycles. The second-order valence-corrected chi connectivity index (χ2v) is 8.03. The molecule has 0 amide bonds. The molecular weight excluding hydrogens is 222 g/mol. The van der Waals surface area contributed by atoms with Crippen LogP contribution in [0.5, 0.6) is 0 Å². The summed E-state index contributed by atoms with van der Waals surface area (Å²) < 4.78 is 22.1. The lowest BCUT2D eigenvalue weighted by Crippen LogP contribution is -2.40. The van der Waals surface area contributed by atoms with Gasteiger partial charge in [0.25, 0.3) is 0 Å². The van der Waals surface area contributed by atoms with Crippen LogP contribution < -0.4 is 5.32 Å². The zero-order valence-electron chi connectivity index (χ0n) is 10.3. The molecule has 0 saturated heterocycles. The van der Waals surface area contributed by atoms with Gasteiger partial charge in [-0.2, -0.15) is 0 Å². The van der Waals surface area contributed by atoms with Gasteiger partial charge in [0.15, 0.2) is 0 Å². The van der Waals surface area contributed by atoms with Crippen molar-refractivity contribution in [3.63, 3.8) is 0 Å². The molecule has 0 aliphatic heterocycles. The Balaban J connectivity index is 1.73. The summed E-state index contributed by atoms with van der Waals surface area (Å²) in [5.41, 5.74) is 0. The van der Waals surface area contributed by atoms with Crippen LogP contribution in [-0.2, 0) is 9.84 Å². The Labute approximate surface area is 98.9 Å². The van der Waals surface area contributed by atoms with Crippen LogP contribution in [0.25, 0.3) is 0 Å². The summed E-state index contributed by atoms with van der Waals surface area (Å²) in [7, 11) is -2.80. The molecule has 16 heavy (non-hydrogen) atoms. The average Bonchev–Trinajstić information content (AvgIpc) is 2.75. The Morgan fingerprint density at radius 2 is 2.06 bits per heavy atom. The van der Waals surface area contributed by atoms with Gasteiger partial charge < -0.3 is 5.32 Å². The van der Waals surface area contributed by atoms with Crippen molar-refractivity contribution in [2.75, 3.05) is 12.0 Å². The topological polar surface area (TPSA) is 46.2 Å². The first-order chi connectivity index (χ1) is 7.44. The number of nitrogens with one attached hydrogen (secondary N) is 1. The molecule has 2 bridgehead atoms. The van der Waals surface area contributed by atoms with Gasteiger partial charge in [-0.25, -0.2) is 8.42 Å². The van der Waals surface area contributed by atoms with E-state index in [9.17, 15) is 8.42 Å². The maximum atomic E-state index is 11.1. The van der Waals surface area contributed by atoms with E-state index in [-0.39, 0.29) is 0 Å². The van der Waals surface area contributed by atoms with E-state index in [0.717, 1.165) is 18.3 Å². The summed E-state index contributed by atoms with van der Waals surface area (Å²) in [6, 6.07) is 0.993. The van der Waals surface area contributed by atoms with Crippen molar-refractivity contribution in [3.05, 3.63) is 0 Å². The zero-order chi connectivity index (χ0) is 11.8. The number of hydrogen-bond donors (Lipinski definition) is 1. The predicted octanol–water partition coefficient (Wildman–Crippen LogP) is 1.59. The van der Waals surface area contributed by atoms with Crippen molar-refractivity contribution in [2.45, 2.75) is 51.1 Å². The highest BCUT2D eigenvalue weighted by atomic mass is 32.2. The molecule has 2 fully saturated rings. The van der Waals surface area contributed by atoms with Crippen LogP contribution in [0.4, 0.5) is 0 Å². The molecule has 4 atom stereocenters. The molecule has 4 heteroatoms. The lowest BCUT2D eigenvalue weighted by atomic mass is 9.94. The fraction of sp³-hybridized carbons (Fsp3) is 1.00. The monoisotopic (exact) mass is 245 g/mol. The molecule has 2 saturated carbocycles. The lowest BCUT2D eigenvalue weighted by molar-refractivity contribution is 0.321. The van der Waals surface area contributed by atoms with Gasteiger partial charge in [-0.3, -0.25) is 0 Å². The van der Waals surface area contributed by atoms with Crippen LogP contribution in [0.3, 0.4) is 0 Å². The summed E-state index contributed by atoms with van der Waals surface area (Å²) >= 11 is 0. The largest absolute Gasteiger partial charge is 0.311 e. The third-order valence-corrected chi connectivity index (χ3v) is 5.14. The second-order valence-electron chi connectivity index (χ2n) is 5.77. The molecule has 2 aliphatic rings. The molecule has 94 valence electrons. The van der Waals surface area contributed by atoms with Crippen molar-refractivity contribution >= 4 is 9.84 Å². The van der Waals surface area contributed by atoms with E-state index in [0.29, 0.717) is 17.8 Å². The summed E-state index contributed by atoms with van der Waals surface area (Å²) in [5, 5.41) is 3.62. The maximum absolute atomic E-state index is 11.1. The second kappa shape index (κ2) is 4.65. The first-order valence-electron chi connectivity index (χ1n) is 6.38. The highest BCUT2D eigenvalue weighted by Crippen LogP contribution is 2.44. The molecule has 0 aromatic rings. The highest BCUT2D eigenvalue weighted by molar-refractivity contribution is 7.90. The number of rotatable bonds is 5. The third kappa shape index (κ3) is 3.20. The molecule has 0 spiro atoms. The Bertz CT molecular complexity index is 339.